The summed E-state index contributed by atoms with van der Waals surface area (Å²) < 4.78 is 10.3. The van der Waals surface area contributed by atoms with Crippen molar-refractivity contribution in [2.45, 2.75) is 26.7 Å². The van der Waals surface area contributed by atoms with Gasteiger partial charge in [0.1, 0.15) is 5.76 Å². The minimum Gasteiger partial charge on any atom is -0.469 e. The normalized spacial score (nSPS) is 11.9. The van der Waals surface area contributed by atoms with Crippen LogP contribution < -0.4 is 10.6 Å². The Morgan fingerprint density at radius 2 is 2.15 bits per heavy atom. The highest BCUT2D eigenvalue weighted by Crippen LogP contribution is 2.00. The van der Waals surface area contributed by atoms with Gasteiger partial charge in [0.05, 0.1) is 12.9 Å². The van der Waals surface area contributed by atoms with Gasteiger partial charge in [0.15, 0.2) is 5.96 Å². The van der Waals surface area contributed by atoms with Crippen LogP contribution in [0.3, 0.4) is 0 Å². The molecular weight excluding hydrogens is 254 g/mol. The third-order valence-electron chi connectivity index (χ3n) is 2.82. The highest BCUT2D eigenvalue weighted by Gasteiger charge is 2.00. The molecule has 0 aromatic carbocycles. The molecule has 0 radical (unpaired) electrons. The molecule has 0 unspecified atom stereocenters. The van der Waals surface area contributed by atoms with Crippen molar-refractivity contribution in [3.63, 3.8) is 0 Å². The van der Waals surface area contributed by atoms with Crippen molar-refractivity contribution < 1.29 is 9.15 Å². The molecule has 5 nitrogen and oxygen atoms in total. The largest absolute Gasteiger partial charge is 0.469 e. The van der Waals surface area contributed by atoms with Gasteiger partial charge in [-0.3, -0.25) is 4.99 Å². The van der Waals surface area contributed by atoms with E-state index in [0.717, 1.165) is 44.2 Å². The Morgan fingerprint density at radius 1 is 1.35 bits per heavy atom. The summed E-state index contributed by atoms with van der Waals surface area (Å²) in [5.41, 5.74) is 0. The number of guanidine groups is 1. The second-order valence-corrected chi connectivity index (χ2v) is 5.09. The second kappa shape index (κ2) is 10.3. The van der Waals surface area contributed by atoms with Crippen LogP contribution in [0.5, 0.6) is 0 Å². The summed E-state index contributed by atoms with van der Waals surface area (Å²) in [6.07, 6.45) is 3.64. The fraction of sp³-hybridized carbons (Fsp3) is 0.667. The summed E-state index contributed by atoms with van der Waals surface area (Å²) in [4.78, 5) is 4.56. The molecule has 20 heavy (non-hydrogen) atoms. The van der Waals surface area contributed by atoms with E-state index in [9.17, 15) is 0 Å². The van der Waals surface area contributed by atoms with Gasteiger partial charge in [-0.05, 0) is 24.5 Å². The second-order valence-electron chi connectivity index (χ2n) is 5.09. The molecule has 0 aliphatic rings. The summed E-state index contributed by atoms with van der Waals surface area (Å²) in [6.45, 7) is 7.47. The van der Waals surface area contributed by atoms with Crippen LogP contribution in [0.25, 0.3) is 0 Å². The Balaban J connectivity index is 2.31. The van der Waals surface area contributed by atoms with E-state index >= 15 is 0 Å². The summed E-state index contributed by atoms with van der Waals surface area (Å²) in [7, 11) is 1.70. The van der Waals surface area contributed by atoms with E-state index in [4.69, 9.17) is 9.15 Å². The minimum absolute atomic E-state index is 0.669. The zero-order valence-corrected chi connectivity index (χ0v) is 12.8. The first-order valence-electron chi connectivity index (χ1n) is 7.26. The Labute approximate surface area is 121 Å². The molecule has 0 aliphatic heterocycles. The molecular formula is C15H27N3O2. The number of ether oxygens (including phenoxy) is 1. The van der Waals surface area contributed by atoms with Crippen molar-refractivity contribution in [1.29, 1.82) is 0 Å². The van der Waals surface area contributed by atoms with E-state index in [1.54, 1.807) is 13.4 Å². The van der Waals surface area contributed by atoms with Crippen LogP contribution in [0, 0.1) is 5.92 Å². The fourth-order valence-corrected chi connectivity index (χ4v) is 1.64. The van der Waals surface area contributed by atoms with Crippen LogP contribution >= 0.6 is 0 Å². The molecule has 1 aromatic rings. The molecule has 0 saturated heterocycles. The van der Waals surface area contributed by atoms with Gasteiger partial charge < -0.3 is 19.8 Å². The average Bonchev–Trinajstić information content (AvgIpc) is 2.91. The molecule has 0 aliphatic carbocycles. The lowest BCUT2D eigenvalue weighted by molar-refractivity contribution is 0.203. The molecule has 1 aromatic heterocycles. The summed E-state index contributed by atoms with van der Waals surface area (Å²) >= 11 is 0. The van der Waals surface area contributed by atoms with Gasteiger partial charge in [-0.25, -0.2) is 0 Å². The van der Waals surface area contributed by atoms with Crippen molar-refractivity contribution in [3.05, 3.63) is 24.2 Å². The molecule has 5 heteroatoms. The first-order valence-corrected chi connectivity index (χ1v) is 7.26. The number of hydrogen-bond acceptors (Lipinski definition) is 3. The van der Waals surface area contributed by atoms with Gasteiger partial charge >= 0.3 is 0 Å². The molecule has 0 amide bonds. The van der Waals surface area contributed by atoms with E-state index in [1.807, 2.05) is 12.1 Å². The highest BCUT2D eigenvalue weighted by molar-refractivity contribution is 5.79. The van der Waals surface area contributed by atoms with Crippen molar-refractivity contribution >= 4 is 5.96 Å². The van der Waals surface area contributed by atoms with E-state index < -0.39 is 0 Å². The lowest BCUT2D eigenvalue weighted by Crippen LogP contribution is -2.40. The number of hydrogen-bond donors (Lipinski definition) is 2. The number of rotatable bonds is 9. The average molecular weight is 281 g/mol. The quantitative estimate of drug-likeness (QED) is 0.413. The first-order chi connectivity index (χ1) is 9.72. The predicted molar refractivity (Wildman–Crippen MR) is 82.1 cm³/mol. The van der Waals surface area contributed by atoms with Gasteiger partial charge in [0.2, 0.25) is 0 Å². The smallest absolute Gasteiger partial charge is 0.191 e. The topological polar surface area (TPSA) is 58.8 Å². The molecule has 1 heterocycles. The van der Waals surface area contributed by atoms with Crippen LogP contribution in [0.4, 0.5) is 0 Å². The van der Waals surface area contributed by atoms with Crippen molar-refractivity contribution in [2.75, 3.05) is 33.4 Å². The molecule has 0 spiro atoms. The summed E-state index contributed by atoms with van der Waals surface area (Å²) in [5.74, 6) is 2.49. The van der Waals surface area contributed by atoms with Crippen molar-refractivity contribution in [1.82, 2.24) is 10.6 Å². The third-order valence-corrected chi connectivity index (χ3v) is 2.82. The van der Waals surface area contributed by atoms with E-state index in [2.05, 4.69) is 29.5 Å². The van der Waals surface area contributed by atoms with Gasteiger partial charge in [0, 0.05) is 33.2 Å². The van der Waals surface area contributed by atoms with E-state index in [1.165, 1.54) is 0 Å². The summed E-state index contributed by atoms with van der Waals surface area (Å²) in [5, 5.41) is 6.57. The molecule has 0 bridgehead atoms. The lowest BCUT2D eigenvalue weighted by atomic mass is 10.1. The molecule has 114 valence electrons. The van der Waals surface area contributed by atoms with Gasteiger partial charge in [-0.15, -0.1) is 0 Å². The molecule has 0 saturated carbocycles. The first kappa shape index (κ1) is 16.6. The van der Waals surface area contributed by atoms with Crippen LogP contribution in [0.2, 0.25) is 0 Å². The summed E-state index contributed by atoms with van der Waals surface area (Å²) in [6, 6.07) is 3.89. The SMILES string of the molecule is COCCNC(=NCCC(C)C)NCCc1ccco1. The van der Waals surface area contributed by atoms with Crippen molar-refractivity contribution in [2.24, 2.45) is 10.9 Å². The number of methoxy groups -OCH3 is 1. The maximum atomic E-state index is 5.31. The van der Waals surface area contributed by atoms with Crippen LogP contribution in [-0.4, -0.2) is 39.3 Å². The van der Waals surface area contributed by atoms with Crippen LogP contribution in [0.1, 0.15) is 26.0 Å². The van der Waals surface area contributed by atoms with Gasteiger partial charge in [-0.1, -0.05) is 13.8 Å². The molecule has 1 rings (SSSR count). The Bertz CT molecular complexity index is 361. The van der Waals surface area contributed by atoms with Gasteiger partial charge in [-0.2, -0.15) is 0 Å². The third kappa shape index (κ3) is 7.84. The maximum absolute atomic E-state index is 5.31. The molecule has 2 N–H and O–H groups in total. The highest BCUT2D eigenvalue weighted by atomic mass is 16.5. The van der Waals surface area contributed by atoms with E-state index in [-0.39, 0.29) is 0 Å². The molecule has 0 fully saturated rings. The zero-order valence-electron chi connectivity index (χ0n) is 12.8. The fourth-order valence-electron chi connectivity index (χ4n) is 1.64. The number of furan rings is 1. The van der Waals surface area contributed by atoms with Crippen molar-refractivity contribution in [3.8, 4) is 0 Å². The van der Waals surface area contributed by atoms with E-state index in [0.29, 0.717) is 12.5 Å². The Hall–Kier alpha value is -1.49. The zero-order chi connectivity index (χ0) is 14.6. The number of aliphatic imine (C=N–C) groups is 1. The maximum Gasteiger partial charge on any atom is 0.191 e. The predicted octanol–water partition coefficient (Wildman–Crippen LogP) is 2.05. The number of nitrogens with one attached hydrogen (secondary N) is 2. The lowest BCUT2D eigenvalue weighted by Gasteiger charge is -2.12. The van der Waals surface area contributed by atoms with Gasteiger partial charge in [0.25, 0.3) is 0 Å². The standard InChI is InChI=1S/C15H27N3O2/c1-13(2)6-8-16-15(18-10-12-19-3)17-9-7-14-5-4-11-20-14/h4-5,11,13H,6-10,12H2,1-3H3,(H2,16,17,18). The van der Waals surface area contributed by atoms with Crippen LogP contribution in [-0.2, 0) is 11.2 Å². The monoisotopic (exact) mass is 281 g/mol. The molecule has 0 atom stereocenters. The van der Waals surface area contributed by atoms with Crippen LogP contribution in [0.15, 0.2) is 27.8 Å². The Morgan fingerprint density at radius 3 is 2.80 bits per heavy atom. The Kier molecular flexibility index (Phi) is 8.54. The number of nitrogens with zero attached hydrogens (tertiary/aromatic N) is 1. The minimum atomic E-state index is 0.669.